The molecule has 1 aromatic rings. The maximum Gasteiger partial charge on any atom is 0.313 e. The van der Waals surface area contributed by atoms with E-state index in [0.717, 1.165) is 10.4 Å². The van der Waals surface area contributed by atoms with E-state index in [1.165, 1.54) is 12.1 Å². The summed E-state index contributed by atoms with van der Waals surface area (Å²) in [5.74, 6) is 5.17. The van der Waals surface area contributed by atoms with Gasteiger partial charge in [-0.15, -0.1) is 0 Å². The number of benzene rings is 1. The molecule has 1 aliphatic rings. The Morgan fingerprint density at radius 2 is 2.20 bits per heavy atom. The summed E-state index contributed by atoms with van der Waals surface area (Å²) in [7, 11) is -4.04. The number of rotatable bonds is 4. The third-order valence-corrected chi connectivity index (χ3v) is 4.98. The lowest BCUT2D eigenvalue weighted by atomic mass is 10.3. The Labute approximate surface area is 115 Å². The molecule has 1 heterocycles. The van der Waals surface area contributed by atoms with E-state index in [4.69, 9.17) is 5.84 Å². The van der Waals surface area contributed by atoms with Crippen LogP contribution in [0.5, 0.6) is 0 Å². The molecular formula is C10H14N4O5S. The third-order valence-electron chi connectivity index (χ3n) is 3.08. The van der Waals surface area contributed by atoms with Crippen molar-refractivity contribution in [1.29, 1.82) is 0 Å². The van der Waals surface area contributed by atoms with Crippen LogP contribution in [0.25, 0.3) is 0 Å². The summed E-state index contributed by atoms with van der Waals surface area (Å²) in [4.78, 5) is 9.87. The van der Waals surface area contributed by atoms with Crippen molar-refractivity contribution in [3.63, 3.8) is 0 Å². The number of sulfonamides is 1. The highest BCUT2D eigenvalue weighted by atomic mass is 32.2. The largest absolute Gasteiger partial charge is 0.392 e. The molecular weight excluding hydrogens is 288 g/mol. The molecule has 9 nitrogen and oxygen atoms in total. The van der Waals surface area contributed by atoms with E-state index in [0.29, 0.717) is 6.42 Å². The van der Waals surface area contributed by atoms with Gasteiger partial charge in [-0.1, -0.05) is 6.07 Å². The summed E-state index contributed by atoms with van der Waals surface area (Å²) in [5.41, 5.74) is 1.43. The van der Waals surface area contributed by atoms with Crippen molar-refractivity contribution >= 4 is 21.4 Å². The highest BCUT2D eigenvalue weighted by molar-refractivity contribution is 7.89. The van der Waals surface area contributed by atoms with Gasteiger partial charge in [0.1, 0.15) is 5.69 Å². The van der Waals surface area contributed by atoms with Crippen LogP contribution in [0.15, 0.2) is 23.1 Å². The molecule has 1 fully saturated rings. The number of β-amino-alcohol motifs (C(OH)–C–C–N with tert-alkyl or cyclic N) is 1. The summed E-state index contributed by atoms with van der Waals surface area (Å²) < 4.78 is 25.9. The number of nitrogens with zero attached hydrogens (tertiary/aromatic N) is 2. The SMILES string of the molecule is NNc1cccc(S(=O)(=O)N2CCC(O)C2)c1[N+](=O)[O-]. The van der Waals surface area contributed by atoms with Gasteiger partial charge < -0.3 is 10.5 Å². The number of nitro benzene ring substituents is 1. The van der Waals surface area contributed by atoms with Crippen LogP contribution in [-0.4, -0.2) is 41.9 Å². The van der Waals surface area contributed by atoms with Crippen molar-refractivity contribution in [2.24, 2.45) is 5.84 Å². The molecule has 0 spiro atoms. The molecule has 4 N–H and O–H groups in total. The van der Waals surface area contributed by atoms with Gasteiger partial charge in [0.15, 0.2) is 4.90 Å². The molecule has 0 aromatic heterocycles. The van der Waals surface area contributed by atoms with Crippen molar-refractivity contribution in [2.45, 2.75) is 17.4 Å². The van der Waals surface area contributed by atoms with Gasteiger partial charge in [0.05, 0.1) is 11.0 Å². The molecule has 0 radical (unpaired) electrons. The minimum absolute atomic E-state index is 0.0697. The molecule has 0 amide bonds. The van der Waals surface area contributed by atoms with E-state index in [1.807, 2.05) is 0 Å². The van der Waals surface area contributed by atoms with Gasteiger partial charge in [-0.05, 0) is 18.6 Å². The van der Waals surface area contributed by atoms with Gasteiger partial charge in [-0.2, -0.15) is 4.31 Å². The predicted molar refractivity (Wildman–Crippen MR) is 70.3 cm³/mol. The average molecular weight is 302 g/mol. The molecule has 20 heavy (non-hydrogen) atoms. The lowest BCUT2D eigenvalue weighted by molar-refractivity contribution is -0.386. The molecule has 2 rings (SSSR count). The van der Waals surface area contributed by atoms with E-state index in [2.05, 4.69) is 5.43 Å². The number of nitrogens with two attached hydrogens (primary N) is 1. The number of nitrogen functional groups attached to an aromatic ring is 1. The number of hydrogen-bond donors (Lipinski definition) is 3. The summed E-state index contributed by atoms with van der Waals surface area (Å²) in [6.45, 7) is 0.0563. The van der Waals surface area contributed by atoms with Gasteiger partial charge in [0, 0.05) is 13.1 Å². The maximum atomic E-state index is 12.4. The van der Waals surface area contributed by atoms with E-state index < -0.39 is 31.6 Å². The number of nitro groups is 1. The fourth-order valence-corrected chi connectivity index (χ4v) is 3.77. The first kappa shape index (κ1) is 14.7. The first-order chi connectivity index (χ1) is 9.37. The van der Waals surface area contributed by atoms with Gasteiger partial charge in [-0.3, -0.25) is 16.0 Å². The first-order valence-corrected chi connectivity index (χ1v) is 7.24. The number of aliphatic hydroxyl groups excluding tert-OH is 1. The standard InChI is InChI=1S/C10H14N4O5S/c11-12-8-2-1-3-9(10(8)14(16)17)20(18,19)13-5-4-7(15)6-13/h1-3,7,12,15H,4-6,11H2. The quantitative estimate of drug-likeness (QED) is 0.392. The Hall–Kier alpha value is -1.75. The van der Waals surface area contributed by atoms with Crippen LogP contribution in [0.2, 0.25) is 0 Å². The fourth-order valence-electron chi connectivity index (χ4n) is 2.10. The second kappa shape index (κ2) is 5.32. The maximum absolute atomic E-state index is 12.4. The van der Waals surface area contributed by atoms with Crippen LogP contribution in [0.1, 0.15) is 6.42 Å². The Kier molecular flexibility index (Phi) is 3.90. The molecule has 1 aromatic carbocycles. The second-order valence-corrected chi connectivity index (χ2v) is 6.27. The van der Waals surface area contributed by atoms with Crippen LogP contribution < -0.4 is 11.3 Å². The van der Waals surface area contributed by atoms with Gasteiger partial charge in [-0.25, -0.2) is 8.42 Å². The molecule has 110 valence electrons. The zero-order valence-electron chi connectivity index (χ0n) is 10.4. The van der Waals surface area contributed by atoms with Crippen molar-refractivity contribution in [3.8, 4) is 0 Å². The normalized spacial score (nSPS) is 20.0. The van der Waals surface area contributed by atoms with Crippen LogP contribution in [0.4, 0.5) is 11.4 Å². The zero-order valence-corrected chi connectivity index (χ0v) is 11.2. The van der Waals surface area contributed by atoms with Crippen molar-refractivity contribution in [2.75, 3.05) is 18.5 Å². The van der Waals surface area contributed by atoms with Crippen LogP contribution in [0.3, 0.4) is 0 Å². The van der Waals surface area contributed by atoms with E-state index in [1.54, 1.807) is 0 Å². The van der Waals surface area contributed by atoms with Gasteiger partial charge >= 0.3 is 5.69 Å². The zero-order chi connectivity index (χ0) is 14.9. The lowest BCUT2D eigenvalue weighted by Gasteiger charge is -2.16. The van der Waals surface area contributed by atoms with E-state index in [9.17, 15) is 23.6 Å². The fraction of sp³-hybridized carbons (Fsp3) is 0.400. The smallest absolute Gasteiger partial charge is 0.313 e. The number of hydrazine groups is 1. The number of aliphatic hydroxyl groups is 1. The van der Waals surface area contributed by atoms with E-state index in [-0.39, 0.29) is 18.8 Å². The number of anilines is 1. The second-order valence-electron chi connectivity index (χ2n) is 4.36. The van der Waals surface area contributed by atoms with Gasteiger partial charge in [0.2, 0.25) is 10.0 Å². The molecule has 10 heteroatoms. The van der Waals surface area contributed by atoms with E-state index >= 15 is 0 Å². The summed E-state index contributed by atoms with van der Waals surface area (Å²) in [5, 5.41) is 20.5. The summed E-state index contributed by atoms with van der Waals surface area (Å²) >= 11 is 0. The Bertz CT molecular complexity index is 633. The first-order valence-electron chi connectivity index (χ1n) is 5.80. The molecule has 0 bridgehead atoms. The van der Waals surface area contributed by atoms with Crippen LogP contribution >= 0.6 is 0 Å². The number of hydrogen-bond acceptors (Lipinski definition) is 7. The molecule has 1 unspecified atom stereocenters. The van der Waals surface area contributed by atoms with Crippen molar-refractivity contribution in [1.82, 2.24) is 4.31 Å². The molecule has 1 saturated heterocycles. The Morgan fingerprint density at radius 3 is 2.70 bits per heavy atom. The van der Waals surface area contributed by atoms with Crippen LogP contribution in [0, 0.1) is 10.1 Å². The molecule has 1 atom stereocenters. The highest BCUT2D eigenvalue weighted by Gasteiger charge is 2.37. The van der Waals surface area contributed by atoms with Crippen molar-refractivity contribution in [3.05, 3.63) is 28.3 Å². The van der Waals surface area contributed by atoms with Crippen molar-refractivity contribution < 1.29 is 18.4 Å². The lowest BCUT2D eigenvalue weighted by Crippen LogP contribution is -2.30. The monoisotopic (exact) mass is 302 g/mol. The third kappa shape index (κ3) is 2.45. The number of para-hydroxylation sites is 1. The summed E-state index contributed by atoms with van der Waals surface area (Å²) in [6, 6.07) is 3.83. The molecule has 0 saturated carbocycles. The summed E-state index contributed by atoms with van der Waals surface area (Å²) in [6.07, 6.45) is -0.443. The van der Waals surface area contributed by atoms with Gasteiger partial charge in [0.25, 0.3) is 0 Å². The number of nitrogens with one attached hydrogen (secondary N) is 1. The Balaban J connectivity index is 2.54. The van der Waals surface area contributed by atoms with Crippen LogP contribution in [-0.2, 0) is 10.0 Å². The minimum atomic E-state index is -4.04. The minimum Gasteiger partial charge on any atom is -0.392 e. The topological polar surface area (TPSA) is 139 Å². The average Bonchev–Trinajstić information content (AvgIpc) is 2.85. The highest BCUT2D eigenvalue weighted by Crippen LogP contribution is 2.34. The predicted octanol–water partition coefficient (Wildman–Crippen LogP) is -0.364. The molecule has 1 aliphatic heterocycles. The Morgan fingerprint density at radius 1 is 1.50 bits per heavy atom. The molecule has 0 aliphatic carbocycles.